The summed E-state index contributed by atoms with van der Waals surface area (Å²) in [5.74, 6) is 0.162. The summed E-state index contributed by atoms with van der Waals surface area (Å²) in [5, 5.41) is 27.8. The summed E-state index contributed by atoms with van der Waals surface area (Å²) in [7, 11) is 2.00. The number of nitrogens with zero attached hydrogens (tertiary/aromatic N) is 12. The van der Waals surface area contributed by atoms with Crippen LogP contribution in [0.1, 0.15) is 218 Å². The number of carbonyl (C=O) groups excluding carboxylic acids is 4. The maximum absolute atomic E-state index is 13.0. The molecule has 658 valence electrons. The third-order valence-electron chi connectivity index (χ3n) is 23.0. The maximum atomic E-state index is 13.0. The fourth-order valence-electron chi connectivity index (χ4n) is 16.8. The molecule has 1 atom stereocenters. The van der Waals surface area contributed by atoms with Crippen molar-refractivity contribution < 1.29 is 52.8 Å². The van der Waals surface area contributed by atoms with Crippen molar-refractivity contribution >= 4 is 98.6 Å². The smallest absolute Gasteiger partial charge is 0.307 e. The fourth-order valence-corrected chi connectivity index (χ4v) is 20.6. The second-order valence-corrected chi connectivity index (χ2v) is 40.8. The van der Waals surface area contributed by atoms with Gasteiger partial charge < -0.3 is 40.9 Å². The van der Waals surface area contributed by atoms with Gasteiger partial charge in [-0.1, -0.05) is 64.4 Å². The standard InChI is InChI=1S/C23H33N5O3S.C21H29N5O3S.C20H30ClN5O3S.C20H27N5O3S/c1-5-27(4)14-18-13-21(25-28(18)15(2)3)32(30,31)26-23(29)24-22-19-10-6-8-16(19)12-17-9-7-11-20(17)22;1-13(25(2)3)18-12-19(23-26(18)4)30(28,29)24-21(27)22-20-16-9-5-7-14(16)11-15-8-6-10-17(15)20;1-12(2)16-8-14(21)9-17(13(3)4)19(16)22-20(27)24-30(28,29)18-10-15(11-25(5)6)26(7)23-18;1-24(2)12-15-11-18(22-25(15)3)29(27,28)23-20(26)21-19-16-8-4-6-13(16)10-14-7-5-9-17(14)19/h12-13,15H,5-11,14H2,1-4H3,(H2,24,26,29);11-13H,5-10H2,1-4H3,(H2,22,24,27);8-10,12-13H,11H2,1-7H3,(H2,22,24,27);10-11H,4-9,12H2,1-3H3,(H2,21,23,26). The quantitative estimate of drug-likeness (QED) is 0.0278. The van der Waals surface area contributed by atoms with Crippen molar-refractivity contribution in [2.45, 2.75) is 235 Å². The highest BCUT2D eigenvalue weighted by Gasteiger charge is 2.34. The molecule has 0 spiro atoms. The molecule has 0 radical (unpaired) electrons. The summed E-state index contributed by atoms with van der Waals surface area (Å²) in [6.45, 7) is 18.3. The van der Waals surface area contributed by atoms with E-state index in [0.29, 0.717) is 36.0 Å². The minimum absolute atomic E-state index is 0.00234. The van der Waals surface area contributed by atoms with E-state index in [0.717, 1.165) is 201 Å². The first-order valence-electron chi connectivity index (χ1n) is 41.4. The van der Waals surface area contributed by atoms with Crippen LogP contribution in [0.5, 0.6) is 0 Å². The van der Waals surface area contributed by atoms with Crippen LogP contribution in [0.3, 0.4) is 0 Å². The van der Waals surface area contributed by atoms with Crippen LogP contribution in [-0.2, 0) is 158 Å². The van der Waals surface area contributed by atoms with Gasteiger partial charge in [0.2, 0.25) is 0 Å². The van der Waals surface area contributed by atoms with E-state index in [1.165, 1.54) is 65.6 Å². The first-order valence-corrected chi connectivity index (χ1v) is 47.7. The molecule has 14 rings (SSSR count). The molecule has 0 aliphatic heterocycles. The predicted molar refractivity (Wildman–Crippen MR) is 470 cm³/mol. The van der Waals surface area contributed by atoms with Gasteiger partial charge in [0.25, 0.3) is 40.1 Å². The largest absolute Gasteiger partial charge is 0.333 e. The Bertz CT molecular complexity index is 5600. The number of aromatic nitrogens is 8. The summed E-state index contributed by atoms with van der Waals surface area (Å²) in [6.07, 6.45) is 17.9. The highest BCUT2D eigenvalue weighted by molar-refractivity contribution is 7.90. The van der Waals surface area contributed by atoms with E-state index in [9.17, 15) is 52.8 Å². The van der Waals surface area contributed by atoms with E-state index >= 15 is 0 Å². The number of aryl methyl sites for hydroxylation is 9. The molecule has 8 aromatic rings. The van der Waals surface area contributed by atoms with E-state index in [2.05, 4.69) is 83.6 Å². The van der Waals surface area contributed by atoms with Gasteiger partial charge in [-0.05, 0) is 294 Å². The Labute approximate surface area is 717 Å². The first-order chi connectivity index (χ1) is 56.9. The summed E-state index contributed by atoms with van der Waals surface area (Å²) in [5.41, 5.74) is 22.3. The lowest BCUT2D eigenvalue weighted by Gasteiger charge is -2.21. The van der Waals surface area contributed by atoms with Crippen molar-refractivity contribution in [3.8, 4) is 0 Å². The molecule has 4 heterocycles. The number of carbonyl (C=O) groups is 4. The zero-order chi connectivity index (χ0) is 88.2. The van der Waals surface area contributed by atoms with Crippen molar-refractivity contribution in [2.24, 2.45) is 21.1 Å². The number of nitrogens with one attached hydrogen (secondary N) is 8. The van der Waals surface area contributed by atoms with Gasteiger partial charge in [0.05, 0.1) is 22.8 Å². The minimum Gasteiger partial charge on any atom is -0.307 e. The van der Waals surface area contributed by atoms with Crippen molar-refractivity contribution in [3.05, 3.63) is 160 Å². The minimum atomic E-state index is -4.13. The van der Waals surface area contributed by atoms with Crippen LogP contribution >= 0.6 is 11.6 Å². The highest BCUT2D eigenvalue weighted by Crippen LogP contribution is 2.43. The molecule has 0 saturated heterocycles. The average Bonchev–Trinajstić information content (AvgIpc) is 1.67. The molecule has 8 N–H and O–H groups in total. The van der Waals surface area contributed by atoms with E-state index in [1.807, 2.05) is 119 Å². The van der Waals surface area contributed by atoms with Crippen LogP contribution in [0.2, 0.25) is 5.02 Å². The number of hydrogen-bond acceptors (Lipinski definition) is 20. The molecule has 6 aliphatic carbocycles. The molecule has 121 heavy (non-hydrogen) atoms. The summed E-state index contributed by atoms with van der Waals surface area (Å²) in [4.78, 5) is 58.6. The summed E-state index contributed by atoms with van der Waals surface area (Å²) < 4.78 is 117. The fraction of sp³-hybridized carbons (Fsp3) is 0.524. The molecule has 0 bridgehead atoms. The van der Waals surface area contributed by atoms with E-state index in [4.69, 9.17) is 11.6 Å². The maximum Gasteiger partial charge on any atom is 0.333 e. The molecule has 4 aromatic heterocycles. The normalized spacial score (nSPS) is 14.8. The van der Waals surface area contributed by atoms with Gasteiger partial charge in [-0.25, -0.2) is 38.1 Å². The average molecular weight is 1760 g/mol. The van der Waals surface area contributed by atoms with Gasteiger partial charge in [-0.15, -0.1) is 0 Å². The lowest BCUT2D eigenvalue weighted by atomic mass is 9.92. The topological polar surface area (TPSA) is 385 Å². The van der Waals surface area contributed by atoms with Crippen molar-refractivity contribution in [2.75, 3.05) is 77.1 Å². The molecule has 6 aliphatic rings. The highest BCUT2D eigenvalue weighted by atomic mass is 35.5. The Morgan fingerprint density at radius 1 is 0.388 bits per heavy atom. The molecular formula is C84H119ClN20O12S4. The number of hydrogen-bond donors (Lipinski definition) is 8. The van der Waals surface area contributed by atoms with Gasteiger partial charge in [-0.2, -0.15) is 54.1 Å². The van der Waals surface area contributed by atoms with Gasteiger partial charge >= 0.3 is 24.1 Å². The number of sulfonamides is 4. The SMILES string of the molecule is CC(C)c1cc(Cl)cc(C(C)C)c1NC(=O)NS(=O)(=O)c1cc(CN(C)C)n(C)n1.CC(c1cc(S(=O)(=O)NC(=O)Nc2c3c(cc4c2CCC4)CCC3)nn1C)N(C)C.CCN(C)Cc1cc(S(=O)(=O)NC(=O)Nc2c3c(cc4c2CCC4)CCC3)nn1C(C)C.CN(C)Cc1cc(S(=O)(=O)NC(=O)Nc2c3c(cc4c2CCC4)CCC3)nn1C. The lowest BCUT2D eigenvalue weighted by molar-refractivity contribution is 0.255. The van der Waals surface area contributed by atoms with Gasteiger partial charge in [-0.3, -0.25) is 18.7 Å². The molecule has 32 nitrogen and oxygen atoms in total. The summed E-state index contributed by atoms with van der Waals surface area (Å²) in [6, 6.07) is 13.3. The molecule has 8 amide bonds. The Morgan fingerprint density at radius 3 is 0.967 bits per heavy atom. The predicted octanol–water partition coefficient (Wildman–Crippen LogP) is 11.8. The number of amides is 8. The molecule has 1 unspecified atom stereocenters. The van der Waals surface area contributed by atoms with E-state index < -0.39 is 64.2 Å². The zero-order valence-electron chi connectivity index (χ0n) is 72.8. The molecule has 0 saturated carbocycles. The molecule has 4 aromatic carbocycles. The van der Waals surface area contributed by atoms with Crippen LogP contribution in [-0.4, -0.2) is 172 Å². The van der Waals surface area contributed by atoms with Crippen molar-refractivity contribution in [1.29, 1.82) is 0 Å². The van der Waals surface area contributed by atoms with Crippen LogP contribution in [0.15, 0.2) is 74.7 Å². The molecule has 37 heteroatoms. The Morgan fingerprint density at radius 2 is 0.678 bits per heavy atom. The van der Waals surface area contributed by atoms with Gasteiger partial charge in [0.1, 0.15) is 0 Å². The molecular weight excluding hydrogens is 1640 g/mol. The van der Waals surface area contributed by atoms with Crippen LogP contribution < -0.4 is 40.2 Å². The monoisotopic (exact) mass is 1760 g/mol. The first kappa shape index (κ1) is 92.4. The lowest BCUT2D eigenvalue weighted by Crippen LogP contribution is -2.35. The van der Waals surface area contributed by atoms with Gasteiger partial charge in [0.15, 0.2) is 20.1 Å². The van der Waals surface area contributed by atoms with E-state index in [1.54, 1.807) is 44.0 Å². The number of benzene rings is 4. The van der Waals surface area contributed by atoms with Gasteiger partial charge in [0, 0.05) is 105 Å². The number of halogens is 1. The Kier molecular flexibility index (Phi) is 29.2. The summed E-state index contributed by atoms with van der Waals surface area (Å²) >= 11 is 6.25. The van der Waals surface area contributed by atoms with Crippen molar-refractivity contribution in [1.82, 2.24) is 77.6 Å². The third-order valence-corrected chi connectivity index (χ3v) is 28.0. The second kappa shape index (κ2) is 38.2. The van der Waals surface area contributed by atoms with E-state index in [-0.39, 0.29) is 44.0 Å². The second-order valence-electron chi connectivity index (χ2n) is 33.9. The van der Waals surface area contributed by atoms with Crippen LogP contribution in [0.4, 0.5) is 41.9 Å². The third kappa shape index (κ3) is 21.9. The number of anilines is 4. The number of fused-ring (bicyclic) bond motifs is 6. The van der Waals surface area contributed by atoms with Crippen LogP contribution in [0.25, 0.3) is 0 Å². The van der Waals surface area contributed by atoms with Crippen LogP contribution in [0, 0.1) is 0 Å². The Balaban J connectivity index is 0.000000158. The zero-order valence-corrected chi connectivity index (χ0v) is 76.9. The van der Waals surface area contributed by atoms with Crippen molar-refractivity contribution in [3.63, 3.8) is 0 Å². The Hall–Kier alpha value is -9.27. The number of urea groups is 4. The number of rotatable bonds is 24. The molecule has 0 fully saturated rings.